The maximum Gasteiger partial charge on any atom is 0.407 e. The Bertz CT molecular complexity index is 314. The van der Waals surface area contributed by atoms with Crippen LogP contribution >= 0.6 is 11.3 Å². The van der Waals surface area contributed by atoms with Crippen LogP contribution in [-0.2, 0) is 11.2 Å². The van der Waals surface area contributed by atoms with Crippen LogP contribution in [0.3, 0.4) is 0 Å². The first-order chi connectivity index (χ1) is 7.22. The monoisotopic (exact) mass is 230 g/mol. The quantitative estimate of drug-likeness (QED) is 0.781. The van der Waals surface area contributed by atoms with Gasteiger partial charge in [0.2, 0.25) is 0 Å². The van der Waals surface area contributed by atoms with Gasteiger partial charge in [0, 0.05) is 24.0 Å². The first kappa shape index (κ1) is 11.9. The number of nitrogens with zero attached hydrogens (tertiary/aromatic N) is 1. The third-order valence-corrected chi connectivity index (χ3v) is 2.63. The van der Waals surface area contributed by atoms with Crippen LogP contribution in [0.4, 0.5) is 4.79 Å². The highest BCUT2D eigenvalue weighted by atomic mass is 32.1. The minimum Gasteiger partial charge on any atom is -0.447 e. The third kappa shape index (κ3) is 4.75. The molecule has 1 amide bonds. The van der Waals surface area contributed by atoms with Crippen LogP contribution in [0.1, 0.15) is 10.7 Å². The number of hydrogen-bond acceptors (Lipinski definition) is 5. The van der Waals surface area contributed by atoms with Crippen molar-refractivity contribution in [2.24, 2.45) is 0 Å². The number of hydrogen-bond donors (Lipinski definition) is 2. The summed E-state index contributed by atoms with van der Waals surface area (Å²) in [7, 11) is 0. The number of aromatic nitrogens is 1. The molecule has 0 radical (unpaired) electrons. The fourth-order valence-electron chi connectivity index (χ4n) is 0.978. The van der Waals surface area contributed by atoms with Crippen molar-refractivity contribution in [2.45, 2.75) is 13.3 Å². The van der Waals surface area contributed by atoms with Gasteiger partial charge in [0.15, 0.2) is 0 Å². The molecule has 0 bridgehead atoms. The van der Waals surface area contributed by atoms with Crippen LogP contribution in [0, 0.1) is 6.92 Å². The van der Waals surface area contributed by atoms with Gasteiger partial charge < -0.3 is 15.2 Å². The molecule has 1 rings (SSSR count). The van der Waals surface area contributed by atoms with Crippen LogP contribution in [0.5, 0.6) is 0 Å². The number of rotatable bonds is 5. The summed E-state index contributed by atoms with van der Waals surface area (Å²) in [4.78, 5) is 15.2. The number of aliphatic hydroxyl groups is 1. The minimum absolute atomic E-state index is 0.0300. The average molecular weight is 230 g/mol. The molecule has 5 nitrogen and oxygen atoms in total. The Morgan fingerprint density at radius 2 is 2.53 bits per heavy atom. The molecular weight excluding hydrogens is 216 g/mol. The van der Waals surface area contributed by atoms with Gasteiger partial charge in [-0.25, -0.2) is 9.78 Å². The van der Waals surface area contributed by atoms with Crippen molar-refractivity contribution >= 4 is 17.4 Å². The van der Waals surface area contributed by atoms with Crippen molar-refractivity contribution in [2.75, 3.05) is 19.8 Å². The summed E-state index contributed by atoms with van der Waals surface area (Å²) >= 11 is 1.58. The number of nitrogens with one attached hydrogen (secondary N) is 1. The molecule has 0 atom stereocenters. The lowest BCUT2D eigenvalue weighted by Crippen LogP contribution is -2.27. The fourth-order valence-corrected chi connectivity index (χ4v) is 1.75. The van der Waals surface area contributed by atoms with Crippen LogP contribution in [0.2, 0.25) is 0 Å². The first-order valence-electron chi connectivity index (χ1n) is 4.65. The van der Waals surface area contributed by atoms with E-state index in [2.05, 4.69) is 15.0 Å². The molecule has 2 N–H and O–H groups in total. The van der Waals surface area contributed by atoms with Crippen LogP contribution < -0.4 is 5.32 Å². The van der Waals surface area contributed by atoms with Gasteiger partial charge in [0.25, 0.3) is 0 Å². The SMILES string of the molecule is Cc1csc(CCNC(=O)OCCO)n1. The molecule has 1 aromatic heterocycles. The Kier molecular flexibility index (Phi) is 5.06. The van der Waals surface area contributed by atoms with Crippen molar-refractivity contribution in [1.82, 2.24) is 10.3 Å². The summed E-state index contributed by atoms with van der Waals surface area (Å²) in [5, 5.41) is 13.9. The van der Waals surface area contributed by atoms with E-state index in [1.54, 1.807) is 11.3 Å². The lowest BCUT2D eigenvalue weighted by Gasteiger charge is -2.03. The summed E-state index contributed by atoms with van der Waals surface area (Å²) in [6.45, 7) is 2.31. The molecule has 0 unspecified atom stereocenters. The molecule has 0 aliphatic rings. The van der Waals surface area contributed by atoms with E-state index in [9.17, 15) is 4.79 Å². The smallest absolute Gasteiger partial charge is 0.407 e. The molecule has 1 aromatic rings. The standard InChI is InChI=1S/C9H14N2O3S/c1-7-6-15-8(11-7)2-3-10-9(13)14-5-4-12/h6,12H,2-5H2,1H3,(H,10,13). The third-order valence-electron chi connectivity index (χ3n) is 1.60. The maximum absolute atomic E-state index is 10.9. The average Bonchev–Trinajstić information content (AvgIpc) is 2.61. The molecule has 1 heterocycles. The van der Waals surface area contributed by atoms with E-state index >= 15 is 0 Å². The van der Waals surface area contributed by atoms with Gasteiger partial charge in [-0.2, -0.15) is 0 Å². The Labute approximate surface area is 92.1 Å². The zero-order valence-corrected chi connectivity index (χ0v) is 9.34. The minimum atomic E-state index is -0.502. The molecule has 0 aliphatic carbocycles. The Balaban J connectivity index is 2.13. The van der Waals surface area contributed by atoms with E-state index in [0.29, 0.717) is 13.0 Å². The molecule has 0 aromatic carbocycles. The zero-order valence-electron chi connectivity index (χ0n) is 8.52. The van der Waals surface area contributed by atoms with Gasteiger partial charge in [-0.3, -0.25) is 0 Å². The lowest BCUT2D eigenvalue weighted by atomic mass is 10.4. The predicted octanol–water partition coefficient (Wildman–Crippen LogP) is 0.713. The van der Waals surface area contributed by atoms with Crippen LogP contribution in [-0.4, -0.2) is 35.9 Å². The summed E-state index contributed by atoms with van der Waals surface area (Å²) in [6.07, 6.45) is 0.199. The van der Waals surface area contributed by atoms with Gasteiger partial charge in [-0.1, -0.05) is 0 Å². The molecule has 0 fully saturated rings. The second-order valence-electron chi connectivity index (χ2n) is 2.92. The number of amides is 1. The number of alkyl carbamates (subject to hydrolysis) is 1. The molecule has 0 aliphatic heterocycles. The maximum atomic E-state index is 10.9. The number of thiazole rings is 1. The normalized spacial score (nSPS) is 10.0. The predicted molar refractivity (Wildman–Crippen MR) is 57.0 cm³/mol. The highest BCUT2D eigenvalue weighted by molar-refractivity contribution is 7.09. The highest BCUT2D eigenvalue weighted by Crippen LogP contribution is 2.08. The fraction of sp³-hybridized carbons (Fsp3) is 0.556. The Hall–Kier alpha value is -1.14. The molecule has 6 heteroatoms. The Morgan fingerprint density at radius 1 is 1.73 bits per heavy atom. The summed E-state index contributed by atoms with van der Waals surface area (Å²) < 4.78 is 4.62. The number of aliphatic hydroxyl groups excluding tert-OH is 1. The van der Waals surface area contributed by atoms with Crippen molar-refractivity contribution in [3.8, 4) is 0 Å². The van der Waals surface area contributed by atoms with E-state index in [4.69, 9.17) is 5.11 Å². The van der Waals surface area contributed by atoms with E-state index in [1.807, 2.05) is 12.3 Å². The van der Waals surface area contributed by atoms with Crippen molar-refractivity contribution in [1.29, 1.82) is 0 Å². The number of carbonyl (C=O) groups is 1. The molecule has 84 valence electrons. The van der Waals surface area contributed by atoms with Crippen LogP contribution in [0.25, 0.3) is 0 Å². The Morgan fingerprint density at radius 3 is 3.13 bits per heavy atom. The lowest BCUT2D eigenvalue weighted by molar-refractivity contribution is 0.119. The van der Waals surface area contributed by atoms with Crippen molar-refractivity contribution in [3.63, 3.8) is 0 Å². The van der Waals surface area contributed by atoms with E-state index < -0.39 is 6.09 Å². The van der Waals surface area contributed by atoms with Crippen molar-refractivity contribution in [3.05, 3.63) is 16.1 Å². The van der Waals surface area contributed by atoms with E-state index in [-0.39, 0.29) is 13.2 Å². The van der Waals surface area contributed by atoms with Crippen molar-refractivity contribution < 1.29 is 14.6 Å². The first-order valence-corrected chi connectivity index (χ1v) is 5.53. The molecular formula is C9H14N2O3S. The summed E-state index contributed by atoms with van der Waals surface area (Å²) in [6, 6.07) is 0. The number of carbonyl (C=O) groups excluding carboxylic acids is 1. The zero-order chi connectivity index (χ0) is 11.1. The van der Waals surface area contributed by atoms with Crippen LogP contribution in [0.15, 0.2) is 5.38 Å². The topological polar surface area (TPSA) is 71.5 Å². The number of ether oxygens (including phenoxy) is 1. The van der Waals surface area contributed by atoms with Gasteiger partial charge in [0.05, 0.1) is 11.6 Å². The summed E-state index contributed by atoms with van der Waals surface area (Å²) in [5.74, 6) is 0. The second kappa shape index (κ2) is 6.36. The highest BCUT2D eigenvalue weighted by Gasteiger charge is 2.02. The molecule has 0 spiro atoms. The van der Waals surface area contributed by atoms with Gasteiger partial charge >= 0.3 is 6.09 Å². The molecule has 0 saturated heterocycles. The van der Waals surface area contributed by atoms with E-state index in [1.165, 1.54) is 0 Å². The van der Waals surface area contributed by atoms with Gasteiger partial charge in [0.1, 0.15) is 6.61 Å². The second-order valence-corrected chi connectivity index (χ2v) is 3.86. The summed E-state index contributed by atoms with van der Waals surface area (Å²) in [5.41, 5.74) is 0.998. The molecule has 15 heavy (non-hydrogen) atoms. The number of aryl methyl sites for hydroxylation is 1. The largest absolute Gasteiger partial charge is 0.447 e. The molecule has 0 saturated carbocycles. The van der Waals surface area contributed by atoms with Gasteiger partial charge in [-0.15, -0.1) is 11.3 Å². The van der Waals surface area contributed by atoms with E-state index in [0.717, 1.165) is 10.7 Å². The van der Waals surface area contributed by atoms with Gasteiger partial charge in [-0.05, 0) is 6.92 Å².